The molecule has 0 atom stereocenters. The van der Waals surface area contributed by atoms with Crippen LogP contribution >= 0.6 is 11.8 Å². The zero-order valence-corrected chi connectivity index (χ0v) is 17.1. The molecule has 2 aromatic heterocycles. The average Bonchev–Trinajstić information content (AvgIpc) is 3.07. The Bertz CT molecular complexity index is 1260. The van der Waals surface area contributed by atoms with Crippen molar-refractivity contribution in [3.63, 3.8) is 0 Å². The standard InChI is InChI=1S/C22H21N3O3S/c1-14-20(15-7-3-5-9-17(15)23-14)19(26)13-29-22-24-18-10-6-4-8-16(18)21(27)25(22)11-12-28-2/h3-10,23H,11-13H2,1-2H3. The number of aryl methyl sites for hydroxylation is 1. The Morgan fingerprint density at radius 1 is 1.14 bits per heavy atom. The average molecular weight is 407 g/mol. The van der Waals surface area contributed by atoms with Crippen molar-refractivity contribution < 1.29 is 9.53 Å². The van der Waals surface area contributed by atoms with Crippen LogP contribution in [-0.4, -0.2) is 39.8 Å². The Morgan fingerprint density at radius 3 is 2.66 bits per heavy atom. The number of ether oxygens (including phenoxy) is 1. The highest BCUT2D eigenvalue weighted by atomic mass is 32.2. The highest BCUT2D eigenvalue weighted by Crippen LogP contribution is 2.25. The van der Waals surface area contributed by atoms with Gasteiger partial charge in [0.25, 0.3) is 5.56 Å². The van der Waals surface area contributed by atoms with Crippen LogP contribution in [0.5, 0.6) is 0 Å². The van der Waals surface area contributed by atoms with E-state index in [0.29, 0.717) is 34.8 Å². The van der Waals surface area contributed by atoms with Gasteiger partial charge in [-0.1, -0.05) is 42.1 Å². The molecule has 29 heavy (non-hydrogen) atoms. The number of hydrogen-bond donors (Lipinski definition) is 1. The zero-order valence-electron chi connectivity index (χ0n) is 16.3. The molecule has 0 fully saturated rings. The van der Waals surface area contributed by atoms with E-state index in [1.807, 2.05) is 49.4 Å². The van der Waals surface area contributed by atoms with Gasteiger partial charge in [-0.3, -0.25) is 14.2 Å². The lowest BCUT2D eigenvalue weighted by Crippen LogP contribution is -2.25. The van der Waals surface area contributed by atoms with Crippen LogP contribution in [-0.2, 0) is 11.3 Å². The maximum Gasteiger partial charge on any atom is 0.262 e. The third kappa shape index (κ3) is 3.71. The van der Waals surface area contributed by atoms with Gasteiger partial charge in [-0.05, 0) is 25.1 Å². The second kappa shape index (κ2) is 8.23. The van der Waals surface area contributed by atoms with E-state index >= 15 is 0 Å². The maximum absolute atomic E-state index is 13.0. The summed E-state index contributed by atoms with van der Waals surface area (Å²) in [7, 11) is 1.59. The van der Waals surface area contributed by atoms with E-state index in [2.05, 4.69) is 9.97 Å². The molecule has 1 N–H and O–H groups in total. The number of carbonyl (C=O) groups excluding carboxylic acids is 1. The van der Waals surface area contributed by atoms with Gasteiger partial charge in [-0.2, -0.15) is 0 Å². The Labute approximate surface area is 171 Å². The molecular weight excluding hydrogens is 386 g/mol. The molecule has 0 aliphatic rings. The first-order valence-electron chi connectivity index (χ1n) is 9.32. The van der Waals surface area contributed by atoms with Crippen LogP contribution in [0.2, 0.25) is 0 Å². The molecule has 4 aromatic rings. The minimum atomic E-state index is -0.120. The summed E-state index contributed by atoms with van der Waals surface area (Å²) < 4.78 is 6.74. The maximum atomic E-state index is 13.0. The van der Waals surface area contributed by atoms with Crippen molar-refractivity contribution in [2.24, 2.45) is 0 Å². The number of fused-ring (bicyclic) bond motifs is 2. The molecular formula is C22H21N3O3S. The van der Waals surface area contributed by atoms with Crippen molar-refractivity contribution in [2.75, 3.05) is 19.5 Å². The Hall–Kier alpha value is -2.90. The molecule has 0 saturated carbocycles. The number of aromatic nitrogens is 3. The van der Waals surface area contributed by atoms with Gasteiger partial charge in [-0.15, -0.1) is 0 Å². The number of methoxy groups -OCH3 is 1. The van der Waals surface area contributed by atoms with E-state index in [1.165, 1.54) is 11.8 Å². The molecule has 148 valence electrons. The monoisotopic (exact) mass is 407 g/mol. The van der Waals surface area contributed by atoms with E-state index in [9.17, 15) is 9.59 Å². The van der Waals surface area contributed by atoms with Gasteiger partial charge >= 0.3 is 0 Å². The van der Waals surface area contributed by atoms with E-state index in [1.54, 1.807) is 17.7 Å². The number of ketones is 1. The molecule has 0 saturated heterocycles. The van der Waals surface area contributed by atoms with Crippen LogP contribution in [0.15, 0.2) is 58.5 Å². The normalized spacial score (nSPS) is 11.4. The first kappa shape index (κ1) is 19.4. The number of nitrogens with one attached hydrogen (secondary N) is 1. The number of rotatable bonds is 7. The van der Waals surface area contributed by atoms with Gasteiger partial charge in [0.2, 0.25) is 0 Å². The van der Waals surface area contributed by atoms with Crippen LogP contribution < -0.4 is 5.56 Å². The molecule has 2 heterocycles. The molecule has 0 bridgehead atoms. The molecule has 0 radical (unpaired) electrons. The highest BCUT2D eigenvalue weighted by molar-refractivity contribution is 7.99. The summed E-state index contributed by atoms with van der Waals surface area (Å²) in [5, 5.41) is 2.00. The number of benzene rings is 2. The molecule has 4 rings (SSSR count). The molecule has 0 spiro atoms. The summed E-state index contributed by atoms with van der Waals surface area (Å²) in [4.78, 5) is 33.8. The second-order valence-electron chi connectivity index (χ2n) is 6.74. The first-order chi connectivity index (χ1) is 14.1. The summed E-state index contributed by atoms with van der Waals surface area (Å²) in [6.45, 7) is 2.68. The number of Topliss-reactive ketones (excluding diaryl/α,β-unsaturated/α-hetero) is 1. The predicted octanol–water partition coefficient (Wildman–Crippen LogP) is 3.81. The second-order valence-corrected chi connectivity index (χ2v) is 7.69. The van der Waals surface area contributed by atoms with Crippen molar-refractivity contribution in [2.45, 2.75) is 18.6 Å². The van der Waals surface area contributed by atoms with Crippen molar-refractivity contribution in [1.29, 1.82) is 0 Å². The van der Waals surface area contributed by atoms with Crippen molar-refractivity contribution >= 4 is 39.4 Å². The number of nitrogens with zero attached hydrogens (tertiary/aromatic N) is 2. The summed E-state index contributed by atoms with van der Waals surface area (Å²) in [6, 6.07) is 15.0. The largest absolute Gasteiger partial charge is 0.383 e. The summed E-state index contributed by atoms with van der Waals surface area (Å²) in [5.41, 5.74) is 2.99. The Kier molecular flexibility index (Phi) is 5.51. The van der Waals surface area contributed by atoms with Gasteiger partial charge in [-0.25, -0.2) is 4.98 Å². The third-order valence-electron chi connectivity index (χ3n) is 4.85. The molecule has 6 nitrogen and oxygen atoms in total. The fourth-order valence-electron chi connectivity index (χ4n) is 3.48. The van der Waals surface area contributed by atoms with Crippen LogP contribution in [0, 0.1) is 6.92 Å². The quantitative estimate of drug-likeness (QED) is 0.286. The summed E-state index contributed by atoms with van der Waals surface area (Å²) >= 11 is 1.28. The molecule has 2 aromatic carbocycles. The van der Waals surface area contributed by atoms with Crippen molar-refractivity contribution in [3.8, 4) is 0 Å². The van der Waals surface area contributed by atoms with Crippen LogP contribution in [0.3, 0.4) is 0 Å². The van der Waals surface area contributed by atoms with Gasteiger partial charge in [0.1, 0.15) is 0 Å². The predicted molar refractivity (Wildman–Crippen MR) is 116 cm³/mol. The van der Waals surface area contributed by atoms with Crippen LogP contribution in [0.1, 0.15) is 16.1 Å². The van der Waals surface area contributed by atoms with Gasteiger partial charge in [0.05, 0.1) is 29.8 Å². The number of para-hydroxylation sites is 2. The first-order valence-corrected chi connectivity index (χ1v) is 10.3. The minimum Gasteiger partial charge on any atom is -0.383 e. The fraction of sp³-hybridized carbons (Fsp3) is 0.227. The smallest absolute Gasteiger partial charge is 0.262 e. The number of H-pyrrole nitrogens is 1. The fourth-order valence-corrected chi connectivity index (χ4v) is 4.37. The van der Waals surface area contributed by atoms with Crippen molar-refractivity contribution in [3.05, 3.63) is 70.1 Å². The lowest BCUT2D eigenvalue weighted by molar-refractivity contribution is 0.102. The van der Waals surface area contributed by atoms with Gasteiger partial charge < -0.3 is 9.72 Å². The Morgan fingerprint density at radius 2 is 1.86 bits per heavy atom. The summed E-state index contributed by atoms with van der Waals surface area (Å²) in [5.74, 6) is 0.200. The Balaban J connectivity index is 1.67. The highest BCUT2D eigenvalue weighted by Gasteiger charge is 2.18. The minimum absolute atomic E-state index is 0.00523. The van der Waals surface area contributed by atoms with E-state index in [-0.39, 0.29) is 17.1 Å². The van der Waals surface area contributed by atoms with E-state index in [0.717, 1.165) is 16.6 Å². The van der Waals surface area contributed by atoms with Gasteiger partial charge in [0, 0.05) is 29.3 Å². The molecule has 7 heteroatoms. The molecule has 0 aliphatic heterocycles. The van der Waals surface area contributed by atoms with E-state index in [4.69, 9.17) is 4.74 Å². The lowest BCUT2D eigenvalue weighted by Gasteiger charge is -2.12. The molecule has 0 aliphatic carbocycles. The number of carbonyl (C=O) groups is 1. The van der Waals surface area contributed by atoms with Gasteiger partial charge in [0.15, 0.2) is 10.9 Å². The zero-order chi connectivity index (χ0) is 20.4. The number of aromatic amines is 1. The third-order valence-corrected chi connectivity index (χ3v) is 5.83. The topological polar surface area (TPSA) is 77.0 Å². The lowest BCUT2D eigenvalue weighted by atomic mass is 10.1. The van der Waals surface area contributed by atoms with Crippen molar-refractivity contribution in [1.82, 2.24) is 14.5 Å². The summed E-state index contributed by atoms with van der Waals surface area (Å²) in [6.07, 6.45) is 0. The molecule has 0 amide bonds. The molecule has 0 unspecified atom stereocenters. The number of hydrogen-bond acceptors (Lipinski definition) is 5. The number of thioether (sulfide) groups is 1. The van der Waals surface area contributed by atoms with E-state index < -0.39 is 0 Å². The SMILES string of the molecule is COCCn1c(SCC(=O)c2c(C)[nH]c3ccccc23)nc2ccccc2c1=O. The van der Waals surface area contributed by atoms with Crippen LogP contribution in [0.25, 0.3) is 21.8 Å². The van der Waals surface area contributed by atoms with Crippen LogP contribution in [0.4, 0.5) is 0 Å².